The van der Waals surface area contributed by atoms with Crippen LogP contribution in [-0.4, -0.2) is 36.6 Å². The molecular formula is C11H14N2O3. The van der Waals surface area contributed by atoms with Crippen LogP contribution >= 0.6 is 0 Å². The van der Waals surface area contributed by atoms with Gasteiger partial charge >= 0.3 is 0 Å². The van der Waals surface area contributed by atoms with Crippen molar-refractivity contribution < 1.29 is 14.9 Å². The van der Waals surface area contributed by atoms with Crippen LogP contribution in [0.2, 0.25) is 0 Å². The molecule has 0 bridgehead atoms. The highest BCUT2D eigenvalue weighted by atomic mass is 16.5. The van der Waals surface area contributed by atoms with Crippen LogP contribution in [0.3, 0.4) is 0 Å². The fourth-order valence-corrected chi connectivity index (χ4v) is 1.19. The summed E-state index contributed by atoms with van der Waals surface area (Å²) in [6, 6.07) is 7.01. The molecule has 0 spiro atoms. The zero-order valence-corrected chi connectivity index (χ0v) is 8.97. The van der Waals surface area contributed by atoms with E-state index in [0.29, 0.717) is 17.0 Å². The Morgan fingerprint density at radius 2 is 2.31 bits per heavy atom. The summed E-state index contributed by atoms with van der Waals surface area (Å²) in [6.07, 6.45) is -0.849. The van der Waals surface area contributed by atoms with Gasteiger partial charge in [-0.15, -0.1) is 0 Å². The molecule has 3 N–H and O–H groups in total. The van der Waals surface area contributed by atoms with Gasteiger partial charge < -0.3 is 20.3 Å². The average Bonchev–Trinajstić information content (AvgIpc) is 2.35. The number of methoxy groups -OCH3 is 1. The molecule has 0 radical (unpaired) electrons. The van der Waals surface area contributed by atoms with Crippen LogP contribution < -0.4 is 10.1 Å². The number of aliphatic hydroxyl groups excluding tert-OH is 2. The van der Waals surface area contributed by atoms with Crippen molar-refractivity contribution in [3.63, 3.8) is 0 Å². The Hall–Kier alpha value is -1.77. The summed E-state index contributed by atoms with van der Waals surface area (Å²) in [5, 5.41) is 29.6. The Labute approximate surface area is 93.9 Å². The fraction of sp³-hybridized carbons (Fsp3) is 0.364. The van der Waals surface area contributed by atoms with Crippen LogP contribution in [0.5, 0.6) is 5.75 Å². The molecule has 0 aromatic heterocycles. The van der Waals surface area contributed by atoms with E-state index in [0.717, 1.165) is 0 Å². The Morgan fingerprint density at radius 1 is 1.56 bits per heavy atom. The minimum absolute atomic E-state index is 0.179. The Kier molecular flexibility index (Phi) is 4.58. The molecule has 0 aliphatic carbocycles. The van der Waals surface area contributed by atoms with Gasteiger partial charge in [0, 0.05) is 12.6 Å². The van der Waals surface area contributed by atoms with E-state index in [1.807, 2.05) is 6.07 Å². The highest BCUT2D eigenvalue weighted by Gasteiger charge is 2.06. The third kappa shape index (κ3) is 3.12. The standard InChI is InChI=1S/C11H14N2O3/c1-16-10-3-2-8(5-12)11(4-10)13-6-9(15)7-14/h2-4,9,13-15H,6-7H2,1H3. The number of aliphatic hydroxyl groups is 2. The molecule has 0 saturated heterocycles. The second kappa shape index (κ2) is 5.95. The molecule has 0 amide bonds. The number of nitrogens with one attached hydrogen (secondary N) is 1. The van der Waals surface area contributed by atoms with E-state index in [4.69, 9.17) is 15.1 Å². The lowest BCUT2D eigenvalue weighted by atomic mass is 10.2. The predicted octanol–water partition coefficient (Wildman–Crippen LogP) is 0.332. The van der Waals surface area contributed by atoms with Crippen LogP contribution in [-0.2, 0) is 0 Å². The molecule has 5 heteroatoms. The number of nitriles is 1. The third-order valence-electron chi connectivity index (χ3n) is 2.09. The van der Waals surface area contributed by atoms with Crippen LogP contribution in [0.4, 0.5) is 5.69 Å². The lowest BCUT2D eigenvalue weighted by Gasteiger charge is -2.12. The Balaban J connectivity index is 2.80. The lowest BCUT2D eigenvalue weighted by Crippen LogP contribution is -2.23. The molecule has 0 fully saturated rings. The van der Waals surface area contributed by atoms with Gasteiger partial charge in [-0.3, -0.25) is 0 Å². The molecule has 86 valence electrons. The van der Waals surface area contributed by atoms with Gasteiger partial charge in [0.15, 0.2) is 0 Å². The predicted molar refractivity (Wildman–Crippen MR) is 59.3 cm³/mol. The van der Waals surface area contributed by atoms with E-state index < -0.39 is 6.10 Å². The van der Waals surface area contributed by atoms with Gasteiger partial charge in [0.05, 0.1) is 31.1 Å². The van der Waals surface area contributed by atoms with Crippen molar-refractivity contribution in [2.75, 3.05) is 25.6 Å². The highest BCUT2D eigenvalue weighted by Crippen LogP contribution is 2.21. The number of nitrogens with zero attached hydrogens (tertiary/aromatic N) is 1. The van der Waals surface area contributed by atoms with E-state index >= 15 is 0 Å². The van der Waals surface area contributed by atoms with E-state index in [1.54, 1.807) is 18.2 Å². The topological polar surface area (TPSA) is 85.5 Å². The molecule has 0 aliphatic heterocycles. The van der Waals surface area contributed by atoms with Crippen LogP contribution in [0.15, 0.2) is 18.2 Å². The quantitative estimate of drug-likeness (QED) is 0.668. The summed E-state index contributed by atoms with van der Waals surface area (Å²) in [6.45, 7) is -0.142. The number of anilines is 1. The van der Waals surface area contributed by atoms with E-state index in [1.165, 1.54) is 7.11 Å². The van der Waals surface area contributed by atoms with Crippen LogP contribution in [0, 0.1) is 11.3 Å². The number of hydrogen-bond acceptors (Lipinski definition) is 5. The Bertz CT molecular complexity index is 387. The van der Waals surface area contributed by atoms with Crippen molar-refractivity contribution in [1.29, 1.82) is 5.26 Å². The molecular weight excluding hydrogens is 208 g/mol. The van der Waals surface area contributed by atoms with E-state index in [-0.39, 0.29) is 13.2 Å². The molecule has 1 atom stereocenters. The molecule has 1 aromatic rings. The maximum absolute atomic E-state index is 9.18. The first-order valence-corrected chi connectivity index (χ1v) is 4.82. The number of benzene rings is 1. The molecule has 1 aromatic carbocycles. The monoisotopic (exact) mass is 222 g/mol. The summed E-state index contributed by atoms with van der Waals surface area (Å²) >= 11 is 0. The molecule has 16 heavy (non-hydrogen) atoms. The summed E-state index contributed by atoms with van der Waals surface area (Å²) in [7, 11) is 1.54. The van der Waals surface area contributed by atoms with Crippen molar-refractivity contribution >= 4 is 5.69 Å². The van der Waals surface area contributed by atoms with Crippen molar-refractivity contribution in [3.8, 4) is 11.8 Å². The van der Waals surface area contributed by atoms with Crippen molar-refractivity contribution in [2.24, 2.45) is 0 Å². The van der Waals surface area contributed by atoms with Gasteiger partial charge in [0.25, 0.3) is 0 Å². The molecule has 1 unspecified atom stereocenters. The third-order valence-corrected chi connectivity index (χ3v) is 2.09. The Morgan fingerprint density at radius 3 is 2.88 bits per heavy atom. The van der Waals surface area contributed by atoms with Crippen LogP contribution in [0.1, 0.15) is 5.56 Å². The zero-order valence-electron chi connectivity index (χ0n) is 8.97. The first kappa shape index (κ1) is 12.3. The van der Waals surface area contributed by atoms with Gasteiger partial charge in [-0.1, -0.05) is 0 Å². The van der Waals surface area contributed by atoms with Gasteiger partial charge in [0.2, 0.25) is 0 Å². The maximum atomic E-state index is 9.18. The first-order chi connectivity index (χ1) is 7.71. The first-order valence-electron chi connectivity index (χ1n) is 4.82. The molecule has 0 heterocycles. The van der Waals surface area contributed by atoms with Gasteiger partial charge in [-0.25, -0.2) is 0 Å². The highest BCUT2D eigenvalue weighted by molar-refractivity contribution is 5.60. The zero-order chi connectivity index (χ0) is 12.0. The van der Waals surface area contributed by atoms with Gasteiger partial charge in [-0.2, -0.15) is 5.26 Å². The van der Waals surface area contributed by atoms with Gasteiger partial charge in [0.1, 0.15) is 11.8 Å². The normalized spacial score (nSPS) is 11.6. The second-order valence-corrected chi connectivity index (χ2v) is 3.24. The SMILES string of the molecule is COc1ccc(C#N)c(NCC(O)CO)c1. The average molecular weight is 222 g/mol. The second-order valence-electron chi connectivity index (χ2n) is 3.24. The largest absolute Gasteiger partial charge is 0.497 e. The number of hydrogen-bond donors (Lipinski definition) is 3. The fourth-order valence-electron chi connectivity index (χ4n) is 1.19. The summed E-state index contributed by atoms with van der Waals surface area (Å²) in [4.78, 5) is 0. The van der Waals surface area contributed by atoms with Crippen molar-refractivity contribution in [1.82, 2.24) is 0 Å². The van der Waals surface area contributed by atoms with Crippen LogP contribution in [0.25, 0.3) is 0 Å². The minimum atomic E-state index is -0.849. The van der Waals surface area contributed by atoms with Gasteiger partial charge in [-0.05, 0) is 12.1 Å². The smallest absolute Gasteiger partial charge is 0.121 e. The van der Waals surface area contributed by atoms with E-state index in [2.05, 4.69) is 5.32 Å². The molecule has 0 aliphatic rings. The maximum Gasteiger partial charge on any atom is 0.121 e. The molecule has 1 rings (SSSR count). The van der Waals surface area contributed by atoms with Crippen molar-refractivity contribution in [2.45, 2.75) is 6.10 Å². The lowest BCUT2D eigenvalue weighted by molar-refractivity contribution is 0.105. The summed E-state index contributed by atoms with van der Waals surface area (Å²) < 4.78 is 5.03. The number of rotatable bonds is 5. The summed E-state index contributed by atoms with van der Waals surface area (Å²) in [5.74, 6) is 0.625. The minimum Gasteiger partial charge on any atom is -0.497 e. The van der Waals surface area contributed by atoms with Crippen molar-refractivity contribution in [3.05, 3.63) is 23.8 Å². The van der Waals surface area contributed by atoms with E-state index in [9.17, 15) is 5.11 Å². The summed E-state index contributed by atoms with van der Waals surface area (Å²) in [5.41, 5.74) is 1.04. The molecule has 0 saturated carbocycles. The number of ether oxygens (including phenoxy) is 1. The molecule has 5 nitrogen and oxygen atoms in total.